The molecule has 2 rings (SSSR count). The molecule has 2 nitrogen and oxygen atoms in total. The number of methoxy groups -OCH3 is 2. The third-order valence-electron chi connectivity index (χ3n) is 2.63. The Balaban J connectivity index is 2.42. The van der Waals surface area contributed by atoms with Crippen molar-refractivity contribution in [3.8, 4) is 11.5 Å². The molecule has 1 aromatic carbocycles. The Morgan fingerprint density at radius 2 is 2.00 bits per heavy atom. The van der Waals surface area contributed by atoms with Crippen molar-refractivity contribution in [1.82, 2.24) is 0 Å². The van der Waals surface area contributed by atoms with E-state index in [0.29, 0.717) is 15.8 Å². The van der Waals surface area contributed by atoms with Gasteiger partial charge in [-0.2, -0.15) is 0 Å². The Hall–Kier alpha value is -0.780. The maximum Gasteiger partial charge on any atom is 0.141 e. The molecule has 102 valence electrons. The molecule has 0 amide bonds. The lowest BCUT2D eigenvalue weighted by Crippen LogP contribution is -1.97. The predicted molar refractivity (Wildman–Crippen MR) is 79.2 cm³/mol. The van der Waals surface area contributed by atoms with Crippen molar-refractivity contribution in [2.24, 2.45) is 0 Å². The van der Waals surface area contributed by atoms with Crippen LogP contribution < -0.4 is 9.47 Å². The second kappa shape index (κ2) is 6.11. The lowest BCUT2D eigenvalue weighted by atomic mass is 10.1. The molecular formula is C13H11BrClFO2S. The Kier molecular flexibility index (Phi) is 4.71. The summed E-state index contributed by atoms with van der Waals surface area (Å²) in [5.74, 6) is 0.798. The van der Waals surface area contributed by atoms with Gasteiger partial charge in [0.1, 0.15) is 17.3 Å². The molecular weight excluding hydrogens is 355 g/mol. The van der Waals surface area contributed by atoms with Crippen LogP contribution in [-0.2, 0) is 0 Å². The molecule has 0 saturated carbocycles. The van der Waals surface area contributed by atoms with Gasteiger partial charge in [0.25, 0.3) is 0 Å². The van der Waals surface area contributed by atoms with Crippen LogP contribution in [0.2, 0.25) is 0 Å². The molecule has 19 heavy (non-hydrogen) atoms. The Morgan fingerprint density at radius 3 is 2.58 bits per heavy atom. The van der Waals surface area contributed by atoms with Gasteiger partial charge in [-0.25, -0.2) is 4.39 Å². The van der Waals surface area contributed by atoms with E-state index in [-0.39, 0.29) is 5.82 Å². The maximum absolute atomic E-state index is 13.5. The summed E-state index contributed by atoms with van der Waals surface area (Å²) >= 11 is 11.1. The van der Waals surface area contributed by atoms with Crippen LogP contribution in [-0.4, -0.2) is 14.2 Å². The van der Waals surface area contributed by atoms with Crippen molar-refractivity contribution in [3.05, 3.63) is 44.3 Å². The Bertz CT molecular complexity index is 588. The van der Waals surface area contributed by atoms with E-state index in [4.69, 9.17) is 21.1 Å². The summed E-state index contributed by atoms with van der Waals surface area (Å²) in [5, 5.41) is 1.45. The van der Waals surface area contributed by atoms with E-state index in [0.717, 1.165) is 10.6 Å². The molecule has 0 radical (unpaired) electrons. The Morgan fingerprint density at radius 1 is 1.26 bits per heavy atom. The fraction of sp³-hybridized carbons (Fsp3) is 0.231. The topological polar surface area (TPSA) is 18.5 Å². The standard InChI is InChI=1S/C13H11BrClFO2S/c1-17-7-3-12(19-6-7)13(15)8-4-9(14)10(16)5-11(8)18-2/h3-6,13H,1-2H3. The van der Waals surface area contributed by atoms with Crippen LogP contribution in [0.4, 0.5) is 4.39 Å². The molecule has 0 spiro atoms. The molecule has 2 aromatic rings. The van der Waals surface area contributed by atoms with Gasteiger partial charge in [0.2, 0.25) is 0 Å². The highest BCUT2D eigenvalue weighted by Crippen LogP contribution is 2.41. The van der Waals surface area contributed by atoms with Gasteiger partial charge >= 0.3 is 0 Å². The van der Waals surface area contributed by atoms with Crippen molar-refractivity contribution in [2.45, 2.75) is 5.38 Å². The molecule has 0 aliphatic rings. The number of hydrogen-bond donors (Lipinski definition) is 0. The minimum Gasteiger partial charge on any atom is -0.496 e. The normalized spacial score (nSPS) is 12.3. The van der Waals surface area contributed by atoms with Gasteiger partial charge < -0.3 is 9.47 Å². The smallest absolute Gasteiger partial charge is 0.141 e. The summed E-state index contributed by atoms with van der Waals surface area (Å²) in [6.45, 7) is 0. The van der Waals surface area contributed by atoms with Gasteiger partial charge in [0.05, 0.1) is 24.1 Å². The molecule has 1 atom stereocenters. The molecule has 0 N–H and O–H groups in total. The number of alkyl halides is 1. The number of thiophene rings is 1. The molecule has 1 aromatic heterocycles. The highest BCUT2D eigenvalue weighted by Gasteiger charge is 2.20. The zero-order valence-corrected chi connectivity index (χ0v) is 13.4. The van der Waals surface area contributed by atoms with E-state index in [9.17, 15) is 4.39 Å². The first kappa shape index (κ1) is 14.6. The first-order chi connectivity index (χ1) is 9.06. The maximum atomic E-state index is 13.5. The minimum absolute atomic E-state index is 0.359. The number of halogens is 3. The van der Waals surface area contributed by atoms with Gasteiger partial charge in [0, 0.05) is 21.9 Å². The quantitative estimate of drug-likeness (QED) is 0.710. The van der Waals surface area contributed by atoms with E-state index < -0.39 is 5.38 Å². The van der Waals surface area contributed by atoms with Crippen molar-refractivity contribution in [2.75, 3.05) is 14.2 Å². The average molecular weight is 366 g/mol. The van der Waals surface area contributed by atoms with Crippen LogP contribution in [0.25, 0.3) is 0 Å². The SMILES string of the molecule is COc1csc(C(Cl)c2cc(Br)c(F)cc2OC)c1. The molecule has 0 aliphatic carbocycles. The minimum atomic E-state index is -0.416. The monoisotopic (exact) mass is 364 g/mol. The van der Waals surface area contributed by atoms with Crippen LogP contribution >= 0.6 is 38.9 Å². The average Bonchev–Trinajstić information content (AvgIpc) is 2.89. The van der Waals surface area contributed by atoms with Gasteiger partial charge in [-0.3, -0.25) is 0 Å². The van der Waals surface area contributed by atoms with E-state index in [1.807, 2.05) is 11.4 Å². The zero-order valence-electron chi connectivity index (χ0n) is 10.2. The van der Waals surface area contributed by atoms with Gasteiger partial charge in [-0.1, -0.05) is 0 Å². The number of ether oxygens (including phenoxy) is 2. The summed E-state index contributed by atoms with van der Waals surface area (Å²) in [5.41, 5.74) is 0.710. The van der Waals surface area contributed by atoms with Crippen LogP contribution in [0.1, 0.15) is 15.8 Å². The Labute approximate surface area is 128 Å². The third kappa shape index (κ3) is 3.04. The van der Waals surface area contributed by atoms with Crippen molar-refractivity contribution in [1.29, 1.82) is 0 Å². The van der Waals surface area contributed by atoms with Gasteiger partial charge in [0.15, 0.2) is 0 Å². The van der Waals surface area contributed by atoms with Crippen LogP contribution in [0, 0.1) is 5.82 Å². The van der Waals surface area contributed by atoms with Crippen LogP contribution in [0.3, 0.4) is 0 Å². The van der Waals surface area contributed by atoms with Crippen molar-refractivity contribution >= 4 is 38.9 Å². The van der Waals surface area contributed by atoms with E-state index in [1.165, 1.54) is 24.5 Å². The molecule has 0 saturated heterocycles. The lowest BCUT2D eigenvalue weighted by molar-refractivity contribution is 0.406. The summed E-state index contributed by atoms with van der Waals surface area (Å²) in [6.07, 6.45) is 0. The van der Waals surface area contributed by atoms with Crippen LogP contribution in [0.15, 0.2) is 28.1 Å². The van der Waals surface area contributed by atoms with E-state index in [1.54, 1.807) is 13.2 Å². The highest BCUT2D eigenvalue weighted by molar-refractivity contribution is 9.10. The van der Waals surface area contributed by atoms with E-state index in [2.05, 4.69) is 15.9 Å². The van der Waals surface area contributed by atoms with Gasteiger partial charge in [-0.05, 0) is 28.1 Å². The fourth-order valence-electron chi connectivity index (χ4n) is 1.65. The first-order valence-electron chi connectivity index (χ1n) is 5.36. The largest absolute Gasteiger partial charge is 0.496 e. The highest BCUT2D eigenvalue weighted by atomic mass is 79.9. The first-order valence-corrected chi connectivity index (χ1v) is 7.47. The van der Waals surface area contributed by atoms with Gasteiger partial charge in [-0.15, -0.1) is 22.9 Å². The summed E-state index contributed by atoms with van der Waals surface area (Å²) in [7, 11) is 3.09. The molecule has 1 heterocycles. The lowest BCUT2D eigenvalue weighted by Gasteiger charge is -2.13. The zero-order chi connectivity index (χ0) is 14.0. The van der Waals surface area contributed by atoms with E-state index >= 15 is 0 Å². The second-order valence-corrected chi connectivity index (χ2v) is 5.99. The summed E-state index contributed by atoms with van der Waals surface area (Å²) < 4.78 is 24.2. The second-order valence-electron chi connectivity index (χ2n) is 3.76. The molecule has 0 bridgehead atoms. The van der Waals surface area contributed by atoms with Crippen molar-refractivity contribution < 1.29 is 13.9 Å². The summed E-state index contributed by atoms with van der Waals surface area (Å²) in [4.78, 5) is 0.912. The van der Waals surface area contributed by atoms with Crippen LogP contribution in [0.5, 0.6) is 11.5 Å². The fourth-order valence-corrected chi connectivity index (χ4v) is 3.24. The number of benzene rings is 1. The number of hydrogen-bond acceptors (Lipinski definition) is 3. The molecule has 6 heteroatoms. The summed E-state index contributed by atoms with van der Waals surface area (Å²) in [6, 6.07) is 4.82. The van der Waals surface area contributed by atoms with Crippen molar-refractivity contribution in [3.63, 3.8) is 0 Å². The molecule has 0 fully saturated rings. The third-order valence-corrected chi connectivity index (χ3v) is 4.81. The number of rotatable bonds is 4. The predicted octanol–water partition coefficient (Wildman–Crippen LogP) is 5.00. The molecule has 0 aliphatic heterocycles. The molecule has 1 unspecified atom stereocenters.